The predicted molar refractivity (Wildman–Crippen MR) is 74.7 cm³/mol. The van der Waals surface area contributed by atoms with Gasteiger partial charge in [0, 0.05) is 13.1 Å². The second-order valence-corrected chi connectivity index (χ2v) is 6.26. The highest BCUT2D eigenvalue weighted by atomic mass is 35.5. The molecule has 0 aliphatic carbocycles. The van der Waals surface area contributed by atoms with Crippen LogP contribution < -0.4 is 0 Å². The lowest BCUT2D eigenvalue weighted by molar-refractivity contribution is -0.0381. The van der Waals surface area contributed by atoms with Crippen molar-refractivity contribution in [3.05, 3.63) is 21.3 Å². The number of morpholine rings is 1. The first-order valence-corrected chi connectivity index (χ1v) is 7.46. The summed E-state index contributed by atoms with van der Waals surface area (Å²) < 4.78 is 6.29. The number of ether oxygens (including phenoxy) is 1. The van der Waals surface area contributed by atoms with Gasteiger partial charge in [-0.3, -0.25) is 9.69 Å². The van der Waals surface area contributed by atoms with Crippen molar-refractivity contribution in [2.45, 2.75) is 32.4 Å². The summed E-state index contributed by atoms with van der Waals surface area (Å²) in [6.07, 6.45) is 1.24. The van der Waals surface area contributed by atoms with E-state index in [-0.39, 0.29) is 17.9 Å². The van der Waals surface area contributed by atoms with Gasteiger partial charge in [0.15, 0.2) is 5.78 Å². The Morgan fingerprint density at radius 3 is 3.06 bits per heavy atom. The molecule has 0 aromatic carbocycles. The third-order valence-corrected chi connectivity index (χ3v) is 4.61. The fraction of sp³-hybridized carbons (Fsp3) is 0.615. The van der Waals surface area contributed by atoms with E-state index >= 15 is 0 Å². The summed E-state index contributed by atoms with van der Waals surface area (Å²) >= 11 is 7.23. The fourth-order valence-electron chi connectivity index (χ4n) is 2.16. The van der Waals surface area contributed by atoms with Crippen molar-refractivity contribution in [1.29, 1.82) is 0 Å². The Morgan fingerprint density at radius 2 is 2.44 bits per heavy atom. The number of ketones is 1. The van der Waals surface area contributed by atoms with Crippen molar-refractivity contribution >= 4 is 28.7 Å². The molecule has 1 saturated heterocycles. The van der Waals surface area contributed by atoms with Gasteiger partial charge >= 0.3 is 0 Å². The van der Waals surface area contributed by atoms with E-state index in [0.29, 0.717) is 10.9 Å². The van der Waals surface area contributed by atoms with E-state index in [9.17, 15) is 4.79 Å². The van der Waals surface area contributed by atoms with Crippen molar-refractivity contribution in [1.82, 2.24) is 4.90 Å². The van der Waals surface area contributed by atoms with Gasteiger partial charge in [-0.05, 0) is 25.5 Å². The van der Waals surface area contributed by atoms with E-state index in [1.54, 1.807) is 6.07 Å². The minimum absolute atomic E-state index is 0.0994. The number of carbonyl (C=O) groups excluding carboxylic acids is 1. The van der Waals surface area contributed by atoms with Crippen molar-refractivity contribution in [3.8, 4) is 0 Å². The standard InChI is InChI=1S/C13H18ClNO2S/c1-3-10-8-15(6-7-17-10)9(2)13(16)11-4-5-12(14)18-11/h4-5,9-10H,3,6-8H2,1-2H3. The number of nitrogens with zero attached hydrogens (tertiary/aromatic N) is 1. The molecular formula is C13H18ClNO2S. The van der Waals surface area contributed by atoms with Crippen LogP contribution in [-0.4, -0.2) is 42.5 Å². The molecule has 0 spiro atoms. The Labute approximate surface area is 117 Å². The number of rotatable bonds is 4. The highest BCUT2D eigenvalue weighted by Gasteiger charge is 2.28. The number of thiophene rings is 1. The second kappa shape index (κ2) is 6.15. The first-order valence-electron chi connectivity index (χ1n) is 6.27. The van der Waals surface area contributed by atoms with Gasteiger partial charge in [0.05, 0.1) is 28.0 Å². The molecule has 1 aromatic heterocycles. The van der Waals surface area contributed by atoms with Gasteiger partial charge in [-0.25, -0.2) is 0 Å². The van der Waals surface area contributed by atoms with Crippen LogP contribution in [0, 0.1) is 0 Å². The zero-order chi connectivity index (χ0) is 13.1. The first kappa shape index (κ1) is 14.0. The maximum absolute atomic E-state index is 12.3. The molecule has 2 heterocycles. The maximum Gasteiger partial charge on any atom is 0.189 e. The molecule has 2 atom stereocenters. The summed E-state index contributed by atoms with van der Waals surface area (Å²) in [6.45, 7) is 6.44. The molecule has 2 rings (SSSR count). The van der Waals surface area contributed by atoms with Crippen LogP contribution in [0.25, 0.3) is 0 Å². The molecule has 18 heavy (non-hydrogen) atoms. The highest BCUT2D eigenvalue weighted by Crippen LogP contribution is 2.24. The molecule has 2 unspecified atom stereocenters. The zero-order valence-corrected chi connectivity index (χ0v) is 12.3. The number of Topliss-reactive ketones (excluding diaryl/α,β-unsaturated/α-hetero) is 1. The second-order valence-electron chi connectivity index (χ2n) is 4.54. The van der Waals surface area contributed by atoms with Crippen molar-refractivity contribution in [2.75, 3.05) is 19.7 Å². The Bertz CT molecular complexity index is 421. The minimum Gasteiger partial charge on any atom is -0.376 e. The van der Waals surface area contributed by atoms with Crippen molar-refractivity contribution in [2.24, 2.45) is 0 Å². The van der Waals surface area contributed by atoms with Crippen LogP contribution >= 0.6 is 22.9 Å². The molecule has 1 aromatic rings. The van der Waals surface area contributed by atoms with Crippen LogP contribution in [0.2, 0.25) is 4.34 Å². The van der Waals surface area contributed by atoms with E-state index in [1.165, 1.54) is 11.3 Å². The van der Waals surface area contributed by atoms with E-state index in [4.69, 9.17) is 16.3 Å². The largest absolute Gasteiger partial charge is 0.376 e. The third kappa shape index (κ3) is 3.12. The van der Waals surface area contributed by atoms with Gasteiger partial charge in [-0.2, -0.15) is 0 Å². The average molecular weight is 288 g/mol. The number of hydrogen-bond acceptors (Lipinski definition) is 4. The Morgan fingerprint density at radius 1 is 1.67 bits per heavy atom. The number of halogens is 1. The average Bonchev–Trinajstić information content (AvgIpc) is 2.83. The quantitative estimate of drug-likeness (QED) is 0.797. The summed E-state index contributed by atoms with van der Waals surface area (Å²) in [5.41, 5.74) is 0. The van der Waals surface area contributed by atoms with Crippen LogP contribution in [0.4, 0.5) is 0 Å². The number of carbonyl (C=O) groups is 1. The Kier molecular flexibility index (Phi) is 4.78. The molecule has 0 saturated carbocycles. The molecule has 1 aliphatic rings. The molecule has 100 valence electrons. The van der Waals surface area contributed by atoms with E-state index < -0.39 is 0 Å². The van der Waals surface area contributed by atoms with Crippen LogP contribution in [0.1, 0.15) is 29.9 Å². The van der Waals surface area contributed by atoms with Crippen LogP contribution in [-0.2, 0) is 4.74 Å². The SMILES string of the molecule is CCC1CN(C(C)C(=O)c2ccc(Cl)s2)CCO1. The van der Waals surface area contributed by atoms with Gasteiger partial charge in [0.25, 0.3) is 0 Å². The van der Waals surface area contributed by atoms with Gasteiger partial charge in [-0.15, -0.1) is 11.3 Å². The van der Waals surface area contributed by atoms with E-state index in [1.807, 2.05) is 13.0 Å². The molecule has 1 fully saturated rings. The van der Waals surface area contributed by atoms with Gasteiger partial charge in [-0.1, -0.05) is 18.5 Å². The van der Waals surface area contributed by atoms with E-state index in [0.717, 1.165) is 24.4 Å². The molecule has 0 radical (unpaired) electrons. The lowest BCUT2D eigenvalue weighted by Gasteiger charge is -2.35. The van der Waals surface area contributed by atoms with Crippen molar-refractivity contribution < 1.29 is 9.53 Å². The molecule has 5 heteroatoms. The summed E-state index contributed by atoms with van der Waals surface area (Å²) in [5.74, 6) is 0.156. The molecule has 3 nitrogen and oxygen atoms in total. The summed E-state index contributed by atoms with van der Waals surface area (Å²) in [7, 11) is 0. The summed E-state index contributed by atoms with van der Waals surface area (Å²) in [6, 6.07) is 3.49. The van der Waals surface area contributed by atoms with E-state index in [2.05, 4.69) is 11.8 Å². The summed E-state index contributed by atoms with van der Waals surface area (Å²) in [4.78, 5) is 15.3. The predicted octanol–water partition coefficient (Wildman–Crippen LogP) is 3.08. The van der Waals surface area contributed by atoms with Gasteiger partial charge in [0.1, 0.15) is 0 Å². The number of hydrogen-bond donors (Lipinski definition) is 0. The maximum atomic E-state index is 12.3. The molecular weight excluding hydrogens is 270 g/mol. The molecule has 0 bridgehead atoms. The van der Waals surface area contributed by atoms with Crippen LogP contribution in [0.15, 0.2) is 12.1 Å². The zero-order valence-electron chi connectivity index (χ0n) is 10.7. The first-order chi connectivity index (χ1) is 8.61. The minimum atomic E-state index is -0.0994. The molecule has 0 amide bonds. The third-order valence-electron chi connectivity index (χ3n) is 3.37. The van der Waals surface area contributed by atoms with Gasteiger partial charge < -0.3 is 4.74 Å². The summed E-state index contributed by atoms with van der Waals surface area (Å²) in [5, 5.41) is 0. The molecule has 0 N–H and O–H groups in total. The fourth-order valence-corrected chi connectivity index (χ4v) is 3.23. The normalized spacial score (nSPS) is 22.9. The van der Waals surface area contributed by atoms with Crippen LogP contribution in [0.3, 0.4) is 0 Å². The van der Waals surface area contributed by atoms with Crippen molar-refractivity contribution in [3.63, 3.8) is 0 Å². The smallest absolute Gasteiger partial charge is 0.189 e. The monoisotopic (exact) mass is 287 g/mol. The Balaban J connectivity index is 2.02. The van der Waals surface area contributed by atoms with Crippen LogP contribution in [0.5, 0.6) is 0 Å². The lowest BCUT2D eigenvalue weighted by atomic mass is 10.1. The van der Waals surface area contributed by atoms with Gasteiger partial charge in [0.2, 0.25) is 0 Å². The highest BCUT2D eigenvalue weighted by molar-refractivity contribution is 7.18. The Hall–Kier alpha value is -0.420. The topological polar surface area (TPSA) is 29.5 Å². The molecule has 1 aliphatic heterocycles. The lowest BCUT2D eigenvalue weighted by Crippen LogP contribution is -2.49.